The van der Waals surface area contributed by atoms with Crippen LogP contribution in [-0.2, 0) is 0 Å². The van der Waals surface area contributed by atoms with Gasteiger partial charge in [-0.1, -0.05) is 127 Å². The van der Waals surface area contributed by atoms with E-state index in [1.165, 1.54) is 89.9 Å². The summed E-state index contributed by atoms with van der Waals surface area (Å²) in [5, 5.41) is 37.2. The summed E-state index contributed by atoms with van der Waals surface area (Å²) < 4.78 is 17.5. The number of unbranched alkanes of at least 4 members (excludes halogenated alkanes) is 15. The van der Waals surface area contributed by atoms with E-state index in [0.29, 0.717) is 23.9 Å². The van der Waals surface area contributed by atoms with Crippen LogP contribution in [0.2, 0.25) is 0 Å². The molecule has 0 saturated carbocycles. The first-order chi connectivity index (χ1) is 26.4. The first-order valence-corrected chi connectivity index (χ1v) is 20.3. The van der Waals surface area contributed by atoms with Gasteiger partial charge in [0.05, 0.1) is 30.9 Å². The van der Waals surface area contributed by atoms with Gasteiger partial charge in [-0.25, -0.2) is 0 Å². The van der Waals surface area contributed by atoms with E-state index in [1.807, 2.05) is 43.3 Å². The molecule has 0 heterocycles. The summed E-state index contributed by atoms with van der Waals surface area (Å²) in [6, 6.07) is 18.7. The minimum atomic E-state index is -0.925. The van der Waals surface area contributed by atoms with Crippen molar-refractivity contribution in [3.05, 3.63) is 88.5 Å². The molecular weight excluding hydrogens is 677 g/mol. The van der Waals surface area contributed by atoms with Crippen molar-refractivity contribution >= 4 is 0 Å². The number of benzene rings is 3. The van der Waals surface area contributed by atoms with Crippen LogP contribution in [0.3, 0.4) is 0 Å². The van der Waals surface area contributed by atoms with Gasteiger partial charge in [0.25, 0.3) is 0 Å². The highest BCUT2D eigenvalue weighted by atomic mass is 16.5. The maximum absolute atomic E-state index is 9.57. The van der Waals surface area contributed by atoms with Crippen LogP contribution in [0.5, 0.6) is 17.2 Å². The molecule has 0 amide bonds. The van der Waals surface area contributed by atoms with Gasteiger partial charge in [0, 0.05) is 11.1 Å². The van der Waals surface area contributed by atoms with Gasteiger partial charge in [0.15, 0.2) is 5.75 Å². The molecule has 0 aliphatic carbocycles. The molecule has 7 heteroatoms. The molecule has 0 aliphatic heterocycles. The summed E-state index contributed by atoms with van der Waals surface area (Å²) in [4.78, 5) is 0. The summed E-state index contributed by atoms with van der Waals surface area (Å²) >= 11 is 0. The number of hydrogen-bond acceptors (Lipinski definition) is 7. The van der Waals surface area contributed by atoms with E-state index >= 15 is 0 Å². The molecule has 0 radical (unpaired) electrons. The zero-order chi connectivity index (χ0) is 38.6. The summed E-state index contributed by atoms with van der Waals surface area (Å²) in [7, 11) is 0. The molecule has 0 aromatic heterocycles. The predicted octanol–water partition coefficient (Wildman–Crippen LogP) is 8.90. The number of hydrogen-bond donors (Lipinski definition) is 4. The predicted molar refractivity (Wildman–Crippen MR) is 218 cm³/mol. The van der Waals surface area contributed by atoms with Crippen molar-refractivity contribution in [2.45, 2.75) is 129 Å². The van der Waals surface area contributed by atoms with Crippen molar-refractivity contribution in [2.24, 2.45) is 0 Å². The lowest BCUT2D eigenvalue weighted by atomic mass is 10.0. The van der Waals surface area contributed by atoms with Crippen molar-refractivity contribution < 1.29 is 34.6 Å². The Morgan fingerprint density at radius 3 is 1.24 bits per heavy atom. The number of aliphatic hydroxyl groups excluding tert-OH is 4. The van der Waals surface area contributed by atoms with Gasteiger partial charge < -0.3 is 34.6 Å². The number of rotatable bonds is 26. The highest BCUT2D eigenvalue weighted by Gasteiger charge is 2.10. The quantitative estimate of drug-likeness (QED) is 0.0481. The van der Waals surface area contributed by atoms with Crippen LogP contribution in [0, 0.1) is 30.6 Å². The van der Waals surface area contributed by atoms with E-state index in [-0.39, 0.29) is 26.4 Å². The normalized spacial score (nSPS) is 11.9. The van der Waals surface area contributed by atoms with Crippen molar-refractivity contribution in [3.8, 4) is 40.9 Å². The van der Waals surface area contributed by atoms with Crippen LogP contribution in [0.4, 0.5) is 0 Å². The second-order valence-electron chi connectivity index (χ2n) is 14.2. The molecule has 3 aromatic rings. The van der Waals surface area contributed by atoms with E-state index in [9.17, 15) is 10.2 Å². The van der Waals surface area contributed by atoms with Gasteiger partial charge in [-0.05, 0) is 79.6 Å². The average Bonchev–Trinajstić information content (AvgIpc) is 3.19. The SMILES string of the molecule is CCCCCCCCCCCCCCCCCCOc1c(C#Cc2ccc(OCC(O)CO)cc2)cc(C)cc1C#Cc1ccc(OCC(O)CO)cc1. The van der Waals surface area contributed by atoms with Crippen molar-refractivity contribution in [2.75, 3.05) is 33.0 Å². The van der Waals surface area contributed by atoms with Crippen LogP contribution >= 0.6 is 0 Å². The topological polar surface area (TPSA) is 109 Å². The Bertz CT molecular complexity index is 1460. The fourth-order valence-electron chi connectivity index (χ4n) is 5.98. The zero-order valence-electron chi connectivity index (χ0n) is 32.8. The Morgan fingerprint density at radius 2 is 0.870 bits per heavy atom. The van der Waals surface area contributed by atoms with Gasteiger partial charge >= 0.3 is 0 Å². The molecule has 3 rings (SSSR count). The number of aliphatic hydroxyl groups is 4. The highest BCUT2D eigenvalue weighted by Crippen LogP contribution is 2.26. The van der Waals surface area contributed by atoms with Gasteiger partial charge in [-0.3, -0.25) is 0 Å². The molecule has 4 N–H and O–H groups in total. The monoisotopic (exact) mass is 740 g/mol. The fourth-order valence-corrected chi connectivity index (χ4v) is 5.98. The molecular formula is C47H64O7. The Labute approximate surface area is 325 Å². The van der Waals surface area contributed by atoms with Crippen LogP contribution < -0.4 is 14.2 Å². The van der Waals surface area contributed by atoms with E-state index in [2.05, 4.69) is 30.6 Å². The zero-order valence-corrected chi connectivity index (χ0v) is 32.8. The lowest BCUT2D eigenvalue weighted by molar-refractivity contribution is 0.0536. The number of aryl methyl sites for hydroxylation is 1. The number of ether oxygens (including phenoxy) is 3. The lowest BCUT2D eigenvalue weighted by Gasteiger charge is -2.12. The second-order valence-corrected chi connectivity index (χ2v) is 14.2. The largest absolute Gasteiger partial charge is 0.491 e. The van der Waals surface area contributed by atoms with E-state index in [0.717, 1.165) is 40.7 Å². The Morgan fingerprint density at radius 1 is 0.500 bits per heavy atom. The summed E-state index contributed by atoms with van der Waals surface area (Å²) in [5.74, 6) is 15.0. The summed E-state index contributed by atoms with van der Waals surface area (Å²) in [6.45, 7) is 4.21. The van der Waals surface area contributed by atoms with Gasteiger partial charge in [-0.15, -0.1) is 0 Å². The van der Waals surface area contributed by atoms with Crippen LogP contribution in [0.15, 0.2) is 60.7 Å². The molecule has 3 aromatic carbocycles. The lowest BCUT2D eigenvalue weighted by Crippen LogP contribution is -2.21. The minimum Gasteiger partial charge on any atom is -0.491 e. The molecule has 0 spiro atoms. The Hall–Kier alpha value is -3.98. The Kier molecular flexibility index (Phi) is 22.7. The molecule has 7 nitrogen and oxygen atoms in total. The van der Waals surface area contributed by atoms with Crippen molar-refractivity contribution in [3.63, 3.8) is 0 Å². The van der Waals surface area contributed by atoms with Crippen molar-refractivity contribution in [1.29, 1.82) is 0 Å². The van der Waals surface area contributed by atoms with E-state index in [4.69, 9.17) is 24.4 Å². The third-order valence-corrected chi connectivity index (χ3v) is 9.18. The summed E-state index contributed by atoms with van der Waals surface area (Å²) in [5.41, 5.74) is 4.17. The third kappa shape index (κ3) is 18.9. The molecule has 0 bridgehead atoms. The maximum atomic E-state index is 9.57. The summed E-state index contributed by atoms with van der Waals surface area (Å²) in [6.07, 6.45) is 19.2. The van der Waals surface area contributed by atoms with Crippen LogP contribution in [0.25, 0.3) is 0 Å². The standard InChI is InChI=1S/C47H64O7/c1-3-4-5-6-7-8-9-10-11-12-13-14-15-16-17-18-31-52-47-41(25-19-39-21-27-45(28-22-39)53-36-43(50)34-48)32-38(2)33-42(47)26-20-40-23-29-46(30-24-40)54-37-44(51)35-49/h21-24,27-30,32-33,43-44,48-51H,3-18,31,34-37H2,1-2H3. The molecule has 0 fully saturated rings. The second kappa shape index (κ2) is 27.6. The molecule has 2 unspecified atom stereocenters. The first kappa shape index (κ1) is 44.4. The molecule has 2 atom stereocenters. The van der Waals surface area contributed by atoms with E-state index < -0.39 is 12.2 Å². The molecule has 0 aliphatic rings. The fraction of sp³-hybridized carbons (Fsp3) is 0.532. The smallest absolute Gasteiger partial charge is 0.150 e. The van der Waals surface area contributed by atoms with Crippen molar-refractivity contribution in [1.82, 2.24) is 0 Å². The van der Waals surface area contributed by atoms with Gasteiger partial charge in [0.2, 0.25) is 0 Å². The maximum Gasteiger partial charge on any atom is 0.150 e. The molecule has 0 saturated heterocycles. The Balaban J connectivity index is 1.58. The minimum absolute atomic E-state index is 0.0153. The van der Waals surface area contributed by atoms with E-state index in [1.54, 1.807) is 24.3 Å². The third-order valence-electron chi connectivity index (χ3n) is 9.18. The molecule has 294 valence electrons. The van der Waals surface area contributed by atoms with Gasteiger partial charge in [-0.2, -0.15) is 0 Å². The first-order valence-electron chi connectivity index (χ1n) is 20.3. The van der Waals surface area contributed by atoms with Crippen LogP contribution in [0.1, 0.15) is 137 Å². The average molecular weight is 741 g/mol. The highest BCUT2D eigenvalue weighted by molar-refractivity contribution is 5.61. The van der Waals surface area contributed by atoms with Crippen LogP contribution in [-0.4, -0.2) is 65.7 Å². The van der Waals surface area contributed by atoms with Gasteiger partial charge in [0.1, 0.15) is 36.9 Å². The molecule has 54 heavy (non-hydrogen) atoms.